The van der Waals surface area contributed by atoms with E-state index in [4.69, 9.17) is 4.74 Å². The molecule has 0 unspecified atom stereocenters. The van der Waals surface area contributed by atoms with Crippen molar-refractivity contribution in [1.29, 1.82) is 0 Å². The van der Waals surface area contributed by atoms with Crippen molar-refractivity contribution in [3.8, 4) is 0 Å². The first-order valence-corrected chi connectivity index (χ1v) is 9.59. The number of carbonyl (C=O) groups is 1. The Morgan fingerprint density at radius 3 is 2.26 bits per heavy atom. The highest BCUT2D eigenvalue weighted by atomic mass is 32.2. The van der Waals surface area contributed by atoms with Gasteiger partial charge in [0.1, 0.15) is 0 Å². The van der Waals surface area contributed by atoms with Gasteiger partial charge in [0.15, 0.2) is 0 Å². The predicted octanol–water partition coefficient (Wildman–Crippen LogP) is 3.58. The van der Waals surface area contributed by atoms with Crippen LogP contribution in [0.4, 0.5) is 11.4 Å². The number of nitro benzene ring substituents is 1. The van der Waals surface area contributed by atoms with E-state index in [0.29, 0.717) is 11.1 Å². The maximum Gasteiger partial charge on any atom is 0.338 e. The number of rotatable bonds is 6. The second-order valence-corrected chi connectivity index (χ2v) is 7.93. The summed E-state index contributed by atoms with van der Waals surface area (Å²) in [4.78, 5) is 22.1. The Labute approximate surface area is 157 Å². The molecule has 0 aliphatic heterocycles. The summed E-state index contributed by atoms with van der Waals surface area (Å²) in [5.41, 5.74) is 1.13. The van der Waals surface area contributed by atoms with Gasteiger partial charge in [-0.2, -0.15) is 0 Å². The minimum Gasteiger partial charge on any atom is -0.459 e. The van der Waals surface area contributed by atoms with E-state index >= 15 is 0 Å². The van der Waals surface area contributed by atoms with E-state index in [1.165, 1.54) is 30.3 Å². The van der Waals surface area contributed by atoms with Crippen LogP contribution in [0.25, 0.3) is 0 Å². The molecular weight excluding hydrogens is 372 g/mol. The minimum absolute atomic E-state index is 0.169. The number of benzene rings is 2. The molecule has 0 spiro atoms. The molecule has 0 bridgehead atoms. The standard InChI is InChI=1S/C18H20N2O6S/c1-11(2)26-18(21)14-5-7-15(8-6-14)19-27(24,25)17-10-16(20(22)23)9-12(3)13(17)4/h5-11,19H,1-4H3. The molecule has 144 valence electrons. The molecule has 0 atom stereocenters. The highest BCUT2D eigenvalue weighted by Crippen LogP contribution is 2.27. The fourth-order valence-corrected chi connectivity index (χ4v) is 3.76. The van der Waals surface area contributed by atoms with Crippen LogP contribution in [-0.2, 0) is 14.8 Å². The number of non-ortho nitro benzene ring substituents is 1. The first-order valence-electron chi connectivity index (χ1n) is 8.11. The average Bonchev–Trinajstić information content (AvgIpc) is 2.56. The van der Waals surface area contributed by atoms with Crippen molar-refractivity contribution in [2.75, 3.05) is 4.72 Å². The molecule has 0 aromatic heterocycles. The maximum atomic E-state index is 12.7. The van der Waals surface area contributed by atoms with Crippen molar-refractivity contribution in [2.24, 2.45) is 0 Å². The lowest BCUT2D eigenvalue weighted by atomic mass is 10.1. The molecule has 0 amide bonds. The van der Waals surface area contributed by atoms with Crippen molar-refractivity contribution in [2.45, 2.75) is 38.7 Å². The monoisotopic (exact) mass is 392 g/mol. The number of esters is 1. The zero-order valence-corrected chi connectivity index (χ0v) is 16.2. The fraction of sp³-hybridized carbons (Fsp3) is 0.278. The molecular formula is C18H20N2O6S. The lowest BCUT2D eigenvalue weighted by molar-refractivity contribution is -0.385. The fourth-order valence-electron chi connectivity index (χ4n) is 2.36. The van der Waals surface area contributed by atoms with Crippen LogP contribution in [0, 0.1) is 24.0 Å². The molecule has 0 saturated carbocycles. The molecule has 9 heteroatoms. The Kier molecular flexibility index (Phi) is 5.85. The van der Waals surface area contributed by atoms with E-state index in [1.54, 1.807) is 27.7 Å². The van der Waals surface area contributed by atoms with Gasteiger partial charge in [0, 0.05) is 17.8 Å². The normalized spacial score (nSPS) is 11.3. The highest BCUT2D eigenvalue weighted by Gasteiger charge is 2.22. The Hall–Kier alpha value is -2.94. The summed E-state index contributed by atoms with van der Waals surface area (Å²) in [6, 6.07) is 8.08. The zero-order valence-electron chi connectivity index (χ0n) is 15.3. The summed E-state index contributed by atoms with van der Waals surface area (Å²) < 4.78 is 32.8. The van der Waals surface area contributed by atoms with Gasteiger partial charge in [0.2, 0.25) is 0 Å². The first kappa shape index (κ1) is 20.4. The van der Waals surface area contributed by atoms with Gasteiger partial charge in [-0.1, -0.05) is 0 Å². The zero-order chi connectivity index (χ0) is 20.4. The van der Waals surface area contributed by atoms with Gasteiger partial charge in [-0.15, -0.1) is 0 Å². The van der Waals surface area contributed by atoms with Gasteiger partial charge in [0.05, 0.1) is 21.5 Å². The van der Waals surface area contributed by atoms with E-state index in [2.05, 4.69) is 4.72 Å². The number of hydrogen-bond acceptors (Lipinski definition) is 6. The summed E-state index contributed by atoms with van der Waals surface area (Å²) in [6.45, 7) is 6.64. The lowest BCUT2D eigenvalue weighted by Gasteiger charge is -2.13. The minimum atomic E-state index is -4.05. The third-order valence-electron chi connectivity index (χ3n) is 3.82. The van der Waals surface area contributed by atoms with Crippen LogP contribution in [0.1, 0.15) is 35.3 Å². The van der Waals surface area contributed by atoms with E-state index in [1.807, 2.05) is 0 Å². The Morgan fingerprint density at radius 1 is 1.15 bits per heavy atom. The molecule has 0 heterocycles. The number of carbonyl (C=O) groups excluding carboxylic acids is 1. The van der Waals surface area contributed by atoms with Gasteiger partial charge in [-0.3, -0.25) is 14.8 Å². The van der Waals surface area contributed by atoms with Crippen LogP contribution >= 0.6 is 0 Å². The van der Waals surface area contributed by atoms with Crippen molar-refractivity contribution in [1.82, 2.24) is 0 Å². The second-order valence-electron chi connectivity index (χ2n) is 6.28. The predicted molar refractivity (Wildman–Crippen MR) is 100 cm³/mol. The van der Waals surface area contributed by atoms with Crippen LogP contribution in [-0.4, -0.2) is 25.4 Å². The molecule has 0 saturated heterocycles. The largest absolute Gasteiger partial charge is 0.459 e. The highest BCUT2D eigenvalue weighted by molar-refractivity contribution is 7.92. The SMILES string of the molecule is Cc1cc([N+](=O)[O-])cc(S(=O)(=O)Nc2ccc(C(=O)OC(C)C)cc2)c1C. The summed E-state index contributed by atoms with van der Waals surface area (Å²) in [7, 11) is -4.05. The molecule has 2 aromatic carbocycles. The van der Waals surface area contributed by atoms with Crippen molar-refractivity contribution >= 4 is 27.4 Å². The van der Waals surface area contributed by atoms with Crippen LogP contribution < -0.4 is 4.72 Å². The Morgan fingerprint density at radius 2 is 1.74 bits per heavy atom. The van der Waals surface area contributed by atoms with E-state index in [-0.39, 0.29) is 27.9 Å². The van der Waals surface area contributed by atoms with Gasteiger partial charge in [0.25, 0.3) is 15.7 Å². The number of sulfonamides is 1. The second kappa shape index (κ2) is 7.75. The Balaban J connectivity index is 2.32. The molecule has 27 heavy (non-hydrogen) atoms. The number of ether oxygens (including phenoxy) is 1. The van der Waals surface area contributed by atoms with Crippen LogP contribution in [0.3, 0.4) is 0 Å². The lowest BCUT2D eigenvalue weighted by Crippen LogP contribution is -2.15. The maximum absolute atomic E-state index is 12.7. The van der Waals surface area contributed by atoms with Crippen molar-refractivity contribution in [3.05, 3.63) is 63.2 Å². The van der Waals surface area contributed by atoms with Crippen LogP contribution in [0.2, 0.25) is 0 Å². The van der Waals surface area contributed by atoms with Gasteiger partial charge in [-0.05, 0) is 63.1 Å². The molecule has 0 aliphatic rings. The summed E-state index contributed by atoms with van der Waals surface area (Å²) >= 11 is 0. The summed E-state index contributed by atoms with van der Waals surface area (Å²) in [6.07, 6.45) is -0.268. The van der Waals surface area contributed by atoms with E-state index < -0.39 is 20.9 Å². The average molecular weight is 392 g/mol. The topological polar surface area (TPSA) is 116 Å². The quantitative estimate of drug-likeness (QED) is 0.456. The van der Waals surface area contributed by atoms with Gasteiger partial charge < -0.3 is 4.74 Å². The molecule has 0 radical (unpaired) electrons. The molecule has 0 aliphatic carbocycles. The molecule has 1 N–H and O–H groups in total. The van der Waals surface area contributed by atoms with Crippen LogP contribution in [0.15, 0.2) is 41.3 Å². The number of nitrogens with one attached hydrogen (secondary N) is 1. The van der Waals surface area contributed by atoms with Crippen LogP contribution in [0.5, 0.6) is 0 Å². The summed E-state index contributed by atoms with van der Waals surface area (Å²) in [5, 5.41) is 11.0. The number of nitrogens with zero attached hydrogens (tertiary/aromatic N) is 1. The molecule has 2 aromatic rings. The molecule has 8 nitrogen and oxygen atoms in total. The number of nitro groups is 1. The number of aryl methyl sites for hydroxylation is 1. The van der Waals surface area contributed by atoms with Crippen molar-refractivity contribution < 1.29 is 22.9 Å². The molecule has 2 rings (SSSR count). The smallest absolute Gasteiger partial charge is 0.338 e. The van der Waals surface area contributed by atoms with Crippen molar-refractivity contribution in [3.63, 3.8) is 0 Å². The Bertz CT molecular complexity index is 982. The van der Waals surface area contributed by atoms with E-state index in [0.717, 1.165) is 6.07 Å². The third kappa shape index (κ3) is 4.82. The first-order chi connectivity index (χ1) is 12.5. The third-order valence-corrected chi connectivity index (χ3v) is 5.33. The summed E-state index contributed by atoms with van der Waals surface area (Å²) in [5.74, 6) is -0.510. The number of anilines is 1. The molecule has 0 fully saturated rings. The van der Waals surface area contributed by atoms with Gasteiger partial charge >= 0.3 is 5.97 Å². The number of hydrogen-bond donors (Lipinski definition) is 1. The van der Waals surface area contributed by atoms with E-state index in [9.17, 15) is 23.3 Å². The van der Waals surface area contributed by atoms with Gasteiger partial charge in [-0.25, -0.2) is 13.2 Å².